The van der Waals surface area contributed by atoms with Crippen LogP contribution in [0.2, 0.25) is 5.02 Å². The van der Waals surface area contributed by atoms with E-state index in [2.05, 4.69) is 24.1 Å². The molecule has 7 heteroatoms. The Kier molecular flexibility index (Phi) is 6.16. The molecule has 0 spiro atoms. The predicted molar refractivity (Wildman–Crippen MR) is 138 cm³/mol. The Morgan fingerprint density at radius 1 is 1.14 bits per heavy atom. The number of halogens is 2. The first-order valence-corrected chi connectivity index (χ1v) is 13.6. The molecular formula is C29H34ClFN2O3. The molecule has 2 atom stereocenters. The van der Waals surface area contributed by atoms with Crippen molar-refractivity contribution >= 4 is 17.7 Å². The van der Waals surface area contributed by atoms with E-state index in [0.717, 1.165) is 50.0 Å². The Labute approximate surface area is 217 Å². The highest BCUT2D eigenvalue weighted by Crippen LogP contribution is 2.47. The minimum absolute atomic E-state index is 0.0611. The van der Waals surface area contributed by atoms with Crippen LogP contribution in [0.4, 0.5) is 9.18 Å². The number of nitrogens with one attached hydrogen (secondary N) is 1. The van der Waals surface area contributed by atoms with Crippen molar-refractivity contribution in [3.8, 4) is 16.9 Å². The van der Waals surface area contributed by atoms with E-state index >= 15 is 4.39 Å². The molecule has 192 valence electrons. The van der Waals surface area contributed by atoms with E-state index in [0.29, 0.717) is 40.3 Å². The molecule has 2 aromatic carbocycles. The summed E-state index contributed by atoms with van der Waals surface area (Å²) in [5, 5.41) is 3.54. The summed E-state index contributed by atoms with van der Waals surface area (Å²) >= 11 is 6.57. The highest BCUT2D eigenvalue weighted by Gasteiger charge is 2.42. The van der Waals surface area contributed by atoms with Gasteiger partial charge in [0.05, 0.1) is 17.7 Å². The number of carbonyl (C=O) groups excluding carboxylic acids is 1. The molecule has 0 radical (unpaired) electrons. The van der Waals surface area contributed by atoms with Crippen LogP contribution in [0, 0.1) is 23.1 Å². The van der Waals surface area contributed by atoms with Crippen LogP contribution < -0.4 is 10.1 Å². The molecule has 0 aromatic heterocycles. The van der Waals surface area contributed by atoms with Crippen molar-refractivity contribution in [1.82, 2.24) is 10.2 Å². The Bertz CT molecular complexity index is 1170. The Balaban J connectivity index is 1.20. The molecule has 1 saturated carbocycles. The lowest BCUT2D eigenvalue weighted by atomic mass is 9.85. The van der Waals surface area contributed by atoms with Crippen molar-refractivity contribution in [2.45, 2.75) is 58.1 Å². The molecule has 36 heavy (non-hydrogen) atoms. The zero-order valence-corrected chi connectivity index (χ0v) is 21.7. The molecule has 2 aliphatic carbocycles. The van der Waals surface area contributed by atoms with Crippen LogP contribution >= 0.6 is 11.6 Å². The second kappa shape index (κ2) is 9.21. The summed E-state index contributed by atoms with van der Waals surface area (Å²) in [6, 6.07) is 8.58. The molecule has 1 N–H and O–H groups in total. The van der Waals surface area contributed by atoms with Gasteiger partial charge in [0.15, 0.2) is 0 Å². The Hall–Kier alpha value is -2.31. The monoisotopic (exact) mass is 512 g/mol. The summed E-state index contributed by atoms with van der Waals surface area (Å²) in [5.41, 5.74) is 2.68. The second-order valence-corrected chi connectivity index (χ2v) is 12.2. The molecule has 3 aliphatic heterocycles. The lowest BCUT2D eigenvalue weighted by Crippen LogP contribution is -2.53. The first-order chi connectivity index (χ1) is 17.3. The molecule has 1 amide bonds. The van der Waals surface area contributed by atoms with Crippen LogP contribution in [0.1, 0.15) is 56.7 Å². The van der Waals surface area contributed by atoms with Gasteiger partial charge in [0.2, 0.25) is 0 Å². The van der Waals surface area contributed by atoms with Gasteiger partial charge in [-0.05, 0) is 104 Å². The summed E-state index contributed by atoms with van der Waals surface area (Å²) < 4.78 is 27.2. The number of ether oxygens (including phenoxy) is 2. The Morgan fingerprint density at radius 3 is 2.58 bits per heavy atom. The minimum Gasteiger partial charge on any atom is -0.493 e. The van der Waals surface area contributed by atoms with Crippen LogP contribution in [0.3, 0.4) is 0 Å². The van der Waals surface area contributed by atoms with E-state index in [4.69, 9.17) is 21.1 Å². The molecule has 3 saturated heterocycles. The molecule has 2 bridgehead atoms. The molecule has 7 rings (SSSR count). The largest absolute Gasteiger partial charge is 0.493 e. The number of rotatable bonds is 6. The number of piperidine rings is 3. The van der Waals surface area contributed by atoms with Crippen LogP contribution in [-0.4, -0.2) is 43.3 Å². The van der Waals surface area contributed by atoms with Crippen LogP contribution in [0.15, 0.2) is 30.3 Å². The van der Waals surface area contributed by atoms with Crippen molar-refractivity contribution in [3.63, 3.8) is 0 Å². The van der Waals surface area contributed by atoms with Gasteiger partial charge >= 0.3 is 6.09 Å². The lowest BCUT2D eigenvalue weighted by molar-refractivity contribution is -0.0349. The minimum atomic E-state index is -0.408. The van der Waals surface area contributed by atoms with Gasteiger partial charge in [-0.1, -0.05) is 25.4 Å². The van der Waals surface area contributed by atoms with Crippen molar-refractivity contribution in [2.75, 3.05) is 26.2 Å². The van der Waals surface area contributed by atoms with Crippen molar-refractivity contribution in [1.29, 1.82) is 0 Å². The van der Waals surface area contributed by atoms with E-state index in [1.807, 2.05) is 18.2 Å². The van der Waals surface area contributed by atoms with Gasteiger partial charge in [-0.3, -0.25) is 4.90 Å². The highest BCUT2D eigenvalue weighted by molar-refractivity contribution is 6.33. The molecule has 2 aromatic rings. The van der Waals surface area contributed by atoms with Gasteiger partial charge in [0.25, 0.3) is 0 Å². The maximum Gasteiger partial charge on any atom is 0.407 e. The normalized spacial score (nSPS) is 28.0. The number of alkyl carbamates (subject to hydrolysis) is 1. The topological polar surface area (TPSA) is 50.8 Å². The first-order valence-electron chi connectivity index (χ1n) is 13.2. The van der Waals surface area contributed by atoms with Crippen molar-refractivity contribution < 1.29 is 18.7 Å². The van der Waals surface area contributed by atoms with Crippen molar-refractivity contribution in [3.05, 3.63) is 52.3 Å². The fourth-order valence-corrected chi connectivity index (χ4v) is 6.46. The SMILES string of the molecule is CC1(C)Cc2cc(-c3ccc(OCC4CC4)cc3Cl)c(F)cc2[C@@H]1NC(=O)O[C@@H]1CN2CCC1CC2. The summed E-state index contributed by atoms with van der Waals surface area (Å²) in [5.74, 6) is 1.46. The molecular weight excluding hydrogens is 479 g/mol. The van der Waals surface area contributed by atoms with E-state index in [9.17, 15) is 4.79 Å². The van der Waals surface area contributed by atoms with E-state index in [-0.39, 0.29) is 23.4 Å². The summed E-state index contributed by atoms with van der Waals surface area (Å²) in [6.45, 7) is 7.90. The average Bonchev–Trinajstić information content (AvgIpc) is 3.64. The maximum atomic E-state index is 15.5. The van der Waals surface area contributed by atoms with Gasteiger partial charge in [0, 0.05) is 17.7 Å². The summed E-state index contributed by atoms with van der Waals surface area (Å²) in [7, 11) is 0. The van der Waals surface area contributed by atoms with E-state index in [1.165, 1.54) is 12.8 Å². The molecule has 4 fully saturated rings. The Morgan fingerprint density at radius 2 is 1.92 bits per heavy atom. The van der Waals surface area contributed by atoms with Gasteiger partial charge in [-0.25, -0.2) is 9.18 Å². The van der Waals surface area contributed by atoms with Gasteiger partial charge in [-0.2, -0.15) is 0 Å². The lowest BCUT2D eigenvalue weighted by Gasteiger charge is -2.44. The first kappa shape index (κ1) is 24.1. The molecule has 0 unspecified atom stereocenters. The van der Waals surface area contributed by atoms with E-state index < -0.39 is 6.09 Å². The zero-order chi connectivity index (χ0) is 25.0. The van der Waals surface area contributed by atoms with Crippen molar-refractivity contribution in [2.24, 2.45) is 17.3 Å². The highest BCUT2D eigenvalue weighted by atomic mass is 35.5. The molecule has 5 nitrogen and oxygen atoms in total. The smallest absolute Gasteiger partial charge is 0.407 e. The summed E-state index contributed by atoms with van der Waals surface area (Å²) in [4.78, 5) is 15.3. The molecule has 5 aliphatic rings. The average molecular weight is 513 g/mol. The third kappa shape index (κ3) is 4.70. The van der Waals surface area contributed by atoms with Gasteiger partial charge in [-0.15, -0.1) is 0 Å². The maximum absolute atomic E-state index is 15.5. The van der Waals surface area contributed by atoms with E-state index in [1.54, 1.807) is 12.1 Å². The standard InChI is InChI=1S/C29H34ClFN2O3/c1-29(2)14-19-11-23(21-6-5-20(12-24(21)30)35-16-17-3-4-17)25(31)13-22(19)27(29)32-28(34)36-26-15-33-9-7-18(26)8-10-33/h5-6,11-13,17-18,26-27H,3-4,7-10,14-16H2,1-2H3,(H,32,34)/t26-,27+/m1/s1. The third-order valence-corrected chi connectivity index (χ3v) is 8.81. The summed E-state index contributed by atoms with van der Waals surface area (Å²) in [6.07, 6.45) is 4.86. The fraction of sp³-hybridized carbons (Fsp3) is 0.552. The quantitative estimate of drug-likeness (QED) is 0.488. The number of nitrogens with zero attached hydrogens (tertiary/aromatic N) is 1. The number of fused-ring (bicyclic) bond motifs is 4. The number of hydrogen-bond donors (Lipinski definition) is 1. The third-order valence-electron chi connectivity index (χ3n) is 8.50. The van der Waals surface area contributed by atoms with Gasteiger partial charge in [0.1, 0.15) is 17.7 Å². The predicted octanol–water partition coefficient (Wildman–Crippen LogP) is 6.38. The fourth-order valence-electron chi connectivity index (χ4n) is 6.19. The zero-order valence-electron chi connectivity index (χ0n) is 21.0. The molecule has 3 heterocycles. The number of carbonyl (C=O) groups is 1. The van der Waals surface area contributed by atoms with Crippen LogP contribution in [0.5, 0.6) is 5.75 Å². The van der Waals surface area contributed by atoms with Gasteiger partial charge < -0.3 is 14.8 Å². The number of hydrogen-bond acceptors (Lipinski definition) is 4. The number of amides is 1. The van der Waals surface area contributed by atoms with Crippen LogP contribution in [-0.2, 0) is 11.2 Å². The number of benzene rings is 2. The van der Waals surface area contributed by atoms with Crippen LogP contribution in [0.25, 0.3) is 11.1 Å². The second-order valence-electron chi connectivity index (χ2n) is 11.8.